The van der Waals surface area contributed by atoms with Crippen LogP contribution in [0.3, 0.4) is 0 Å². The van der Waals surface area contributed by atoms with E-state index in [1.165, 1.54) is 94.9 Å². The normalized spacial score (nSPS) is 13.5. The van der Waals surface area contributed by atoms with Gasteiger partial charge in [0, 0.05) is 0 Å². The zero-order valence-electron chi connectivity index (χ0n) is 24.1. The third kappa shape index (κ3) is 17.8. The molecule has 0 nitrogen and oxygen atoms in total. The first-order chi connectivity index (χ1) is 17.7. The molecule has 37 heavy (non-hydrogen) atoms. The third-order valence-electron chi connectivity index (χ3n) is 7.99. The second-order valence-electron chi connectivity index (χ2n) is 11.7. The van der Waals surface area contributed by atoms with Crippen molar-refractivity contribution in [3.8, 4) is 0 Å². The topological polar surface area (TPSA) is 0 Å². The van der Waals surface area contributed by atoms with Crippen molar-refractivity contribution in [2.75, 3.05) is 18.5 Å². The minimum absolute atomic E-state index is 0.266. The van der Waals surface area contributed by atoms with E-state index in [1.807, 2.05) is 0 Å². The molecular weight excluding hydrogens is 508 g/mol. The maximum absolute atomic E-state index is 12.4. The molecule has 5 heteroatoms. The first-order valence-corrected chi connectivity index (χ1v) is 19.4. The second-order valence-corrected chi connectivity index (χ2v) is 19.8. The van der Waals surface area contributed by atoms with Crippen molar-refractivity contribution in [3.05, 3.63) is 35.9 Å². The fraction of sp³-hybridized carbons (Fsp3) is 0.812. The molecule has 0 aliphatic heterocycles. The van der Waals surface area contributed by atoms with Gasteiger partial charge in [-0.15, -0.1) is 0 Å². The van der Waals surface area contributed by atoms with Crippen LogP contribution in [0, 0.1) is 0 Å². The summed E-state index contributed by atoms with van der Waals surface area (Å²) in [5, 5.41) is 0. The SMILES string of the molecule is CCCCCCCCP(Cl)(CCCCCCCC)(CCCCCCCCC(F)(F)F)Cc1ccccc1. The Morgan fingerprint density at radius 3 is 1.35 bits per heavy atom. The van der Waals surface area contributed by atoms with E-state index >= 15 is 0 Å². The molecule has 0 aliphatic carbocycles. The van der Waals surface area contributed by atoms with Crippen LogP contribution in [0.15, 0.2) is 30.3 Å². The van der Waals surface area contributed by atoms with Gasteiger partial charge in [0.2, 0.25) is 0 Å². The zero-order valence-corrected chi connectivity index (χ0v) is 25.8. The number of benzene rings is 1. The van der Waals surface area contributed by atoms with Gasteiger partial charge in [-0.05, 0) is 0 Å². The first kappa shape index (κ1) is 34.8. The van der Waals surface area contributed by atoms with Gasteiger partial charge in [0.1, 0.15) is 0 Å². The van der Waals surface area contributed by atoms with Gasteiger partial charge in [-0.3, -0.25) is 0 Å². The molecule has 1 aromatic carbocycles. The molecule has 0 aromatic heterocycles. The summed E-state index contributed by atoms with van der Waals surface area (Å²) in [6, 6.07) is 10.9. The number of hydrogen-bond acceptors (Lipinski definition) is 0. The van der Waals surface area contributed by atoms with Crippen LogP contribution < -0.4 is 0 Å². The molecule has 0 spiro atoms. The van der Waals surface area contributed by atoms with E-state index < -0.39 is 18.6 Å². The number of rotatable bonds is 24. The molecule has 0 saturated carbocycles. The van der Waals surface area contributed by atoms with Crippen LogP contribution in [0.4, 0.5) is 13.2 Å². The molecular formula is C32H57ClF3P. The van der Waals surface area contributed by atoms with E-state index in [1.54, 1.807) is 0 Å². The summed E-state index contributed by atoms with van der Waals surface area (Å²) in [6.45, 7) is 4.53. The summed E-state index contributed by atoms with van der Waals surface area (Å²) in [5.74, 6) is -2.45. The van der Waals surface area contributed by atoms with Crippen molar-refractivity contribution < 1.29 is 13.2 Å². The number of unbranched alkanes of at least 4 members (excludes halogenated alkanes) is 15. The van der Waals surface area contributed by atoms with Gasteiger partial charge in [-0.2, -0.15) is 0 Å². The van der Waals surface area contributed by atoms with Crippen molar-refractivity contribution in [1.29, 1.82) is 0 Å². The van der Waals surface area contributed by atoms with Crippen LogP contribution in [-0.2, 0) is 6.16 Å². The maximum atomic E-state index is 12.4. The van der Waals surface area contributed by atoms with Gasteiger partial charge >= 0.3 is 233 Å². The summed E-state index contributed by atoms with van der Waals surface area (Å²) >= 11 is 8.03. The molecule has 0 fully saturated rings. The summed E-state index contributed by atoms with van der Waals surface area (Å²) in [4.78, 5) is 0. The van der Waals surface area contributed by atoms with Crippen LogP contribution in [0.1, 0.15) is 141 Å². The Labute approximate surface area is 232 Å². The third-order valence-corrected chi connectivity index (χ3v) is 15.3. The van der Waals surface area contributed by atoms with Crippen molar-refractivity contribution in [3.63, 3.8) is 0 Å². The quantitative estimate of drug-likeness (QED) is 0.0864. The predicted molar refractivity (Wildman–Crippen MR) is 163 cm³/mol. The minimum atomic E-state index is -4.01. The molecule has 0 amide bonds. The van der Waals surface area contributed by atoms with Gasteiger partial charge < -0.3 is 0 Å². The Morgan fingerprint density at radius 1 is 0.568 bits per heavy atom. The van der Waals surface area contributed by atoms with Gasteiger partial charge in [-0.1, -0.05) is 0 Å². The number of alkyl halides is 3. The van der Waals surface area contributed by atoms with Crippen molar-refractivity contribution >= 4 is 17.2 Å². The van der Waals surface area contributed by atoms with E-state index in [9.17, 15) is 13.2 Å². The first-order valence-electron chi connectivity index (χ1n) is 15.5. The molecule has 0 radical (unpaired) electrons. The summed E-state index contributed by atoms with van der Waals surface area (Å²) in [7, 11) is 0. The standard InChI is InChI=1S/C32H57ClF3P/c1-3-5-7-9-14-21-27-37(33,28-22-15-10-8-6-4-2,30-31-24-18-17-19-25-31)29-23-16-12-11-13-20-26-32(34,35)36/h17-19,24-25H,3-16,20-23,26-30H2,1-2H3. The molecule has 0 heterocycles. The van der Waals surface area contributed by atoms with E-state index in [2.05, 4.69) is 44.2 Å². The Balaban J connectivity index is 2.77. The molecule has 0 N–H and O–H groups in total. The average Bonchev–Trinajstić information content (AvgIpc) is 2.85. The Hall–Kier alpha value is -0.270. The molecule has 1 rings (SSSR count). The zero-order chi connectivity index (χ0) is 27.3. The van der Waals surface area contributed by atoms with Gasteiger partial charge in [0.15, 0.2) is 0 Å². The van der Waals surface area contributed by atoms with Crippen LogP contribution in [0.25, 0.3) is 0 Å². The van der Waals surface area contributed by atoms with Gasteiger partial charge in [0.25, 0.3) is 0 Å². The molecule has 218 valence electrons. The molecule has 0 bridgehead atoms. The molecule has 0 saturated heterocycles. The summed E-state index contributed by atoms with van der Waals surface area (Å²) in [5.41, 5.74) is 1.39. The Morgan fingerprint density at radius 2 is 0.946 bits per heavy atom. The Kier molecular flexibility index (Phi) is 18.5. The molecule has 0 unspecified atom stereocenters. The second kappa shape index (κ2) is 19.7. The van der Waals surface area contributed by atoms with Gasteiger partial charge in [0.05, 0.1) is 0 Å². The molecule has 0 aliphatic rings. The van der Waals surface area contributed by atoms with Crippen molar-refractivity contribution in [2.24, 2.45) is 0 Å². The van der Waals surface area contributed by atoms with Crippen LogP contribution >= 0.6 is 17.2 Å². The van der Waals surface area contributed by atoms with Gasteiger partial charge in [-0.25, -0.2) is 0 Å². The monoisotopic (exact) mass is 564 g/mol. The van der Waals surface area contributed by atoms with Crippen LogP contribution in [0.5, 0.6) is 0 Å². The fourth-order valence-electron chi connectivity index (χ4n) is 5.73. The van der Waals surface area contributed by atoms with E-state index in [4.69, 9.17) is 11.2 Å². The summed E-state index contributed by atoms with van der Waals surface area (Å²) in [6.07, 6.45) is 20.6. The molecule has 0 atom stereocenters. The van der Waals surface area contributed by atoms with E-state index in [0.29, 0.717) is 6.42 Å². The average molecular weight is 565 g/mol. The Bertz CT molecular complexity index is 646. The van der Waals surface area contributed by atoms with E-state index in [-0.39, 0.29) is 6.42 Å². The fourth-order valence-corrected chi connectivity index (χ4v) is 12.5. The predicted octanol–water partition coefficient (Wildman–Crippen LogP) is 12.9. The summed E-state index contributed by atoms with van der Waals surface area (Å²) < 4.78 is 37.2. The molecule has 1 aromatic rings. The van der Waals surface area contributed by atoms with E-state index in [0.717, 1.165) is 38.0 Å². The van der Waals surface area contributed by atoms with Crippen molar-refractivity contribution in [1.82, 2.24) is 0 Å². The van der Waals surface area contributed by atoms with Crippen molar-refractivity contribution in [2.45, 2.75) is 148 Å². The van der Waals surface area contributed by atoms with Crippen LogP contribution in [-0.4, -0.2) is 24.7 Å². The number of hydrogen-bond donors (Lipinski definition) is 0. The number of halogens is 4. The van der Waals surface area contributed by atoms with Crippen LogP contribution in [0.2, 0.25) is 0 Å².